The van der Waals surface area contributed by atoms with Crippen molar-refractivity contribution in [1.29, 1.82) is 0 Å². The van der Waals surface area contributed by atoms with Crippen molar-refractivity contribution in [2.45, 2.75) is 12.8 Å². The molecule has 0 saturated heterocycles. The van der Waals surface area contributed by atoms with Gasteiger partial charge in [-0.3, -0.25) is 4.79 Å². The third-order valence-corrected chi connectivity index (χ3v) is 2.26. The van der Waals surface area contributed by atoms with E-state index in [9.17, 15) is 14.0 Å². The van der Waals surface area contributed by atoms with Gasteiger partial charge >= 0.3 is 5.97 Å². The Bertz CT molecular complexity index is 449. The second kappa shape index (κ2) is 6.70. The number of nitrogens with two attached hydrogens (primary N) is 1. The molecule has 5 nitrogen and oxygen atoms in total. The fourth-order valence-electron chi connectivity index (χ4n) is 1.36. The number of hydrogen-bond acceptors (Lipinski definition) is 4. The number of anilines is 1. The lowest BCUT2D eigenvalue weighted by atomic mass is 10.2. The molecule has 0 bridgehead atoms. The van der Waals surface area contributed by atoms with E-state index in [1.165, 1.54) is 12.1 Å². The molecule has 3 N–H and O–H groups in total. The first-order valence-electron chi connectivity index (χ1n) is 5.46. The Balaban J connectivity index is 2.79. The maximum atomic E-state index is 13.3. The molecule has 0 aliphatic carbocycles. The van der Waals surface area contributed by atoms with Gasteiger partial charge in [-0.15, -0.1) is 0 Å². The summed E-state index contributed by atoms with van der Waals surface area (Å²) < 4.78 is 17.8. The van der Waals surface area contributed by atoms with Gasteiger partial charge in [0.25, 0.3) is 0 Å². The summed E-state index contributed by atoms with van der Waals surface area (Å²) in [7, 11) is 1.16. The molecule has 18 heavy (non-hydrogen) atoms. The number of hydrogen-bond donors (Lipinski definition) is 2. The molecular weight excluding hydrogens is 239 g/mol. The zero-order chi connectivity index (χ0) is 13.5. The van der Waals surface area contributed by atoms with Gasteiger partial charge in [0, 0.05) is 12.1 Å². The molecule has 0 heterocycles. The van der Waals surface area contributed by atoms with Gasteiger partial charge < -0.3 is 15.8 Å². The fourth-order valence-corrected chi connectivity index (χ4v) is 1.36. The number of esters is 1. The van der Waals surface area contributed by atoms with Gasteiger partial charge in [0.05, 0.1) is 12.7 Å². The Kier molecular flexibility index (Phi) is 5.26. The van der Waals surface area contributed by atoms with Crippen molar-refractivity contribution in [3.8, 4) is 0 Å². The number of rotatable bonds is 5. The minimum atomic E-state index is -0.787. The van der Waals surface area contributed by atoms with Crippen molar-refractivity contribution < 1.29 is 18.7 Å². The van der Waals surface area contributed by atoms with Crippen LogP contribution in [0.25, 0.3) is 0 Å². The molecule has 98 valence electrons. The highest BCUT2D eigenvalue weighted by atomic mass is 19.1. The Morgan fingerprint density at radius 1 is 1.44 bits per heavy atom. The standard InChI is InChI=1S/C12H15FN2O3/c1-18-12(17)9-7-8(4-5-10(9)13)15-11(16)3-2-6-14/h4-5,7H,2-3,6,14H2,1H3,(H,15,16). The van der Waals surface area contributed by atoms with Gasteiger partial charge in [0.15, 0.2) is 0 Å². The lowest BCUT2D eigenvalue weighted by Crippen LogP contribution is -2.14. The van der Waals surface area contributed by atoms with E-state index in [0.29, 0.717) is 18.7 Å². The molecule has 0 fully saturated rings. The monoisotopic (exact) mass is 254 g/mol. The number of carbonyl (C=O) groups excluding carboxylic acids is 2. The van der Waals surface area contributed by atoms with Crippen LogP contribution in [0.5, 0.6) is 0 Å². The summed E-state index contributed by atoms with van der Waals surface area (Å²) in [5.41, 5.74) is 5.41. The Morgan fingerprint density at radius 3 is 2.78 bits per heavy atom. The number of halogens is 1. The van der Waals surface area contributed by atoms with Gasteiger partial charge in [0.2, 0.25) is 5.91 Å². The molecule has 0 saturated carbocycles. The predicted molar refractivity (Wildman–Crippen MR) is 64.7 cm³/mol. The quantitative estimate of drug-likeness (QED) is 0.776. The van der Waals surface area contributed by atoms with Gasteiger partial charge in [-0.2, -0.15) is 0 Å². The van der Waals surface area contributed by atoms with Gasteiger partial charge in [-0.1, -0.05) is 0 Å². The molecular formula is C12H15FN2O3. The lowest BCUT2D eigenvalue weighted by molar-refractivity contribution is -0.116. The molecule has 1 amide bonds. The number of methoxy groups -OCH3 is 1. The van der Waals surface area contributed by atoms with Crippen molar-refractivity contribution in [2.24, 2.45) is 5.73 Å². The third-order valence-electron chi connectivity index (χ3n) is 2.26. The topological polar surface area (TPSA) is 81.4 Å². The number of amides is 1. The molecule has 1 rings (SSSR count). The van der Waals surface area contributed by atoms with Crippen molar-refractivity contribution in [1.82, 2.24) is 0 Å². The summed E-state index contributed by atoms with van der Waals surface area (Å²) in [4.78, 5) is 22.7. The van der Waals surface area contributed by atoms with E-state index in [1.807, 2.05) is 0 Å². The first-order valence-corrected chi connectivity index (χ1v) is 5.46. The zero-order valence-corrected chi connectivity index (χ0v) is 10.0. The highest BCUT2D eigenvalue weighted by Crippen LogP contribution is 2.16. The first kappa shape index (κ1) is 14.1. The third kappa shape index (κ3) is 3.81. The summed E-state index contributed by atoms with van der Waals surface area (Å²) in [5.74, 6) is -1.71. The lowest BCUT2D eigenvalue weighted by Gasteiger charge is -2.07. The van der Waals surface area contributed by atoms with Crippen LogP contribution in [0.3, 0.4) is 0 Å². The SMILES string of the molecule is COC(=O)c1cc(NC(=O)CCCN)ccc1F. The summed E-state index contributed by atoms with van der Waals surface area (Å²) in [5, 5.41) is 2.55. The van der Waals surface area contributed by atoms with Gasteiger partial charge in [-0.05, 0) is 31.2 Å². The molecule has 0 aromatic heterocycles. The second-order valence-corrected chi connectivity index (χ2v) is 3.63. The van der Waals surface area contributed by atoms with Crippen LogP contribution in [-0.2, 0) is 9.53 Å². The van der Waals surface area contributed by atoms with Crippen molar-refractivity contribution in [2.75, 3.05) is 19.0 Å². The summed E-state index contributed by atoms with van der Waals surface area (Å²) in [6, 6.07) is 3.72. The largest absolute Gasteiger partial charge is 0.465 e. The normalized spacial score (nSPS) is 9.94. The van der Waals surface area contributed by atoms with E-state index in [4.69, 9.17) is 5.73 Å². The Morgan fingerprint density at radius 2 is 2.17 bits per heavy atom. The zero-order valence-electron chi connectivity index (χ0n) is 10.0. The highest BCUT2D eigenvalue weighted by Gasteiger charge is 2.13. The molecule has 0 radical (unpaired) electrons. The maximum Gasteiger partial charge on any atom is 0.340 e. The van der Waals surface area contributed by atoms with Crippen LogP contribution in [0, 0.1) is 5.82 Å². The maximum absolute atomic E-state index is 13.3. The van der Waals surface area contributed by atoms with Crippen molar-refractivity contribution in [3.05, 3.63) is 29.6 Å². The number of nitrogens with one attached hydrogen (secondary N) is 1. The number of carbonyl (C=O) groups is 2. The minimum Gasteiger partial charge on any atom is -0.465 e. The molecule has 0 aliphatic heterocycles. The van der Waals surface area contributed by atoms with Gasteiger partial charge in [-0.25, -0.2) is 9.18 Å². The predicted octanol–water partition coefficient (Wildman–Crippen LogP) is 1.29. The molecule has 0 aliphatic rings. The highest BCUT2D eigenvalue weighted by molar-refractivity contribution is 5.94. The van der Waals surface area contributed by atoms with Crippen LogP contribution in [0.15, 0.2) is 18.2 Å². The summed E-state index contributed by atoms with van der Waals surface area (Å²) in [6.45, 7) is 0.421. The van der Waals surface area contributed by atoms with E-state index in [1.54, 1.807) is 0 Å². The van der Waals surface area contributed by atoms with Crippen LogP contribution >= 0.6 is 0 Å². The fraction of sp³-hybridized carbons (Fsp3) is 0.333. The van der Waals surface area contributed by atoms with E-state index in [0.717, 1.165) is 13.2 Å². The van der Waals surface area contributed by atoms with Crippen LogP contribution in [-0.4, -0.2) is 25.5 Å². The molecule has 0 spiro atoms. The molecule has 1 aromatic carbocycles. The van der Waals surface area contributed by atoms with E-state index in [2.05, 4.69) is 10.1 Å². The summed E-state index contributed by atoms with van der Waals surface area (Å²) >= 11 is 0. The molecule has 6 heteroatoms. The van der Waals surface area contributed by atoms with Crippen molar-refractivity contribution >= 4 is 17.6 Å². The average molecular weight is 254 g/mol. The van der Waals surface area contributed by atoms with Crippen LogP contribution in [0.4, 0.5) is 10.1 Å². The van der Waals surface area contributed by atoms with E-state index in [-0.39, 0.29) is 17.9 Å². The summed E-state index contributed by atoms with van der Waals surface area (Å²) in [6.07, 6.45) is 0.846. The van der Waals surface area contributed by atoms with Crippen LogP contribution in [0.1, 0.15) is 23.2 Å². The van der Waals surface area contributed by atoms with Crippen molar-refractivity contribution in [3.63, 3.8) is 0 Å². The van der Waals surface area contributed by atoms with E-state index >= 15 is 0 Å². The minimum absolute atomic E-state index is 0.214. The Hall–Kier alpha value is -1.95. The second-order valence-electron chi connectivity index (χ2n) is 3.63. The molecule has 1 aromatic rings. The number of benzene rings is 1. The first-order chi connectivity index (χ1) is 8.58. The van der Waals surface area contributed by atoms with E-state index < -0.39 is 11.8 Å². The Labute approximate surface area is 104 Å². The molecule has 0 unspecified atom stereocenters. The van der Waals surface area contributed by atoms with Crippen LogP contribution < -0.4 is 11.1 Å². The number of ether oxygens (including phenoxy) is 1. The average Bonchev–Trinajstić information content (AvgIpc) is 2.37. The smallest absolute Gasteiger partial charge is 0.340 e. The van der Waals surface area contributed by atoms with Gasteiger partial charge in [0.1, 0.15) is 5.82 Å². The molecule has 0 atom stereocenters. The van der Waals surface area contributed by atoms with Crippen LogP contribution in [0.2, 0.25) is 0 Å².